The summed E-state index contributed by atoms with van der Waals surface area (Å²) in [7, 11) is 0. The molecule has 13 heavy (non-hydrogen) atoms. The molecule has 1 aliphatic rings. The van der Waals surface area contributed by atoms with Gasteiger partial charge in [0.25, 0.3) is 0 Å². The molecule has 3 atom stereocenters. The van der Waals surface area contributed by atoms with Gasteiger partial charge in [-0.15, -0.1) is 0 Å². The molecular weight excluding hydrogens is 160 g/mol. The molecule has 3 unspecified atom stereocenters. The molecule has 0 spiro atoms. The average molecular weight is 184 g/mol. The highest BCUT2D eigenvalue weighted by Gasteiger charge is 2.24. The van der Waals surface area contributed by atoms with E-state index < -0.39 is 0 Å². The molecule has 0 amide bonds. The van der Waals surface area contributed by atoms with E-state index in [1.807, 2.05) is 0 Å². The van der Waals surface area contributed by atoms with Crippen LogP contribution in [0, 0.1) is 11.8 Å². The maximum absolute atomic E-state index is 9.61. The Labute approximate surface area is 82.5 Å². The van der Waals surface area contributed by atoms with Gasteiger partial charge in [0.2, 0.25) is 0 Å². The lowest BCUT2D eigenvalue weighted by atomic mass is 9.78. The van der Waals surface area contributed by atoms with Gasteiger partial charge in [0, 0.05) is 0 Å². The number of unbranched alkanes of at least 4 members (excludes halogenated alkanes) is 2. The lowest BCUT2D eigenvalue weighted by Crippen LogP contribution is -2.24. The van der Waals surface area contributed by atoms with E-state index in [1.54, 1.807) is 0 Å². The first kappa shape index (κ1) is 11.0. The Bertz CT molecular complexity index is 123. The Balaban J connectivity index is 2.17. The van der Waals surface area contributed by atoms with Crippen LogP contribution in [0.3, 0.4) is 0 Å². The normalized spacial score (nSPS) is 34.8. The van der Waals surface area contributed by atoms with Gasteiger partial charge in [-0.25, -0.2) is 0 Å². The van der Waals surface area contributed by atoms with Crippen LogP contribution in [0.2, 0.25) is 0 Å². The first-order valence-corrected chi connectivity index (χ1v) is 5.90. The van der Waals surface area contributed by atoms with Gasteiger partial charge in [-0.3, -0.25) is 0 Å². The predicted octanol–water partition coefficient (Wildman–Crippen LogP) is 3.36. The maximum atomic E-state index is 9.61. The number of hydrogen-bond donors (Lipinski definition) is 1. The second kappa shape index (κ2) is 5.64. The molecule has 78 valence electrons. The van der Waals surface area contributed by atoms with Crippen LogP contribution in [0.15, 0.2) is 0 Å². The third-order valence-corrected chi connectivity index (χ3v) is 3.23. The zero-order chi connectivity index (χ0) is 9.68. The van der Waals surface area contributed by atoms with Crippen LogP contribution in [0.1, 0.15) is 58.8 Å². The molecule has 1 heteroatoms. The third-order valence-electron chi connectivity index (χ3n) is 3.23. The summed E-state index contributed by atoms with van der Waals surface area (Å²) in [5.74, 6) is 1.56. The molecular formula is C12H24O. The third kappa shape index (κ3) is 4.12. The Morgan fingerprint density at radius 1 is 1.15 bits per heavy atom. The molecule has 0 aromatic rings. The molecule has 0 bridgehead atoms. The van der Waals surface area contributed by atoms with Gasteiger partial charge in [0.1, 0.15) is 0 Å². The SMILES string of the molecule is CCCCCC1CC(C)CC(O)C1. The van der Waals surface area contributed by atoms with Crippen molar-refractivity contribution in [1.29, 1.82) is 0 Å². The fourth-order valence-electron chi connectivity index (χ4n) is 2.63. The van der Waals surface area contributed by atoms with E-state index in [2.05, 4.69) is 13.8 Å². The maximum Gasteiger partial charge on any atom is 0.0545 e. The molecule has 1 saturated carbocycles. The van der Waals surface area contributed by atoms with Crippen LogP contribution in [0.5, 0.6) is 0 Å². The molecule has 1 rings (SSSR count). The van der Waals surface area contributed by atoms with E-state index >= 15 is 0 Å². The van der Waals surface area contributed by atoms with Crippen molar-refractivity contribution in [3.63, 3.8) is 0 Å². The molecule has 1 aliphatic carbocycles. The molecule has 0 radical (unpaired) electrons. The quantitative estimate of drug-likeness (QED) is 0.664. The summed E-state index contributed by atoms with van der Waals surface area (Å²) in [6, 6.07) is 0. The predicted molar refractivity (Wildman–Crippen MR) is 56.7 cm³/mol. The largest absolute Gasteiger partial charge is 0.393 e. The smallest absolute Gasteiger partial charge is 0.0545 e. The van der Waals surface area contributed by atoms with Gasteiger partial charge in [-0.05, 0) is 31.1 Å². The molecule has 0 heterocycles. The zero-order valence-corrected chi connectivity index (χ0v) is 9.13. The topological polar surface area (TPSA) is 20.2 Å². The standard InChI is InChI=1S/C12H24O/c1-3-4-5-6-11-7-10(2)8-12(13)9-11/h10-13H,3-9H2,1-2H3. The first-order chi connectivity index (χ1) is 6.22. The van der Waals surface area contributed by atoms with Crippen molar-refractivity contribution in [3.05, 3.63) is 0 Å². The molecule has 1 fully saturated rings. The van der Waals surface area contributed by atoms with Gasteiger partial charge in [-0.1, -0.05) is 39.5 Å². The van der Waals surface area contributed by atoms with Crippen molar-refractivity contribution < 1.29 is 5.11 Å². The highest BCUT2D eigenvalue weighted by molar-refractivity contribution is 4.76. The number of aliphatic hydroxyl groups is 1. The summed E-state index contributed by atoms with van der Waals surface area (Å²) in [6.45, 7) is 4.52. The minimum absolute atomic E-state index is 0.00428. The van der Waals surface area contributed by atoms with E-state index in [0.717, 1.165) is 24.7 Å². The second-order valence-corrected chi connectivity index (χ2v) is 4.83. The lowest BCUT2D eigenvalue weighted by Gasteiger charge is -2.30. The number of rotatable bonds is 4. The highest BCUT2D eigenvalue weighted by Crippen LogP contribution is 2.32. The van der Waals surface area contributed by atoms with E-state index in [0.29, 0.717) is 0 Å². The van der Waals surface area contributed by atoms with Gasteiger partial charge >= 0.3 is 0 Å². The summed E-state index contributed by atoms with van der Waals surface area (Å²) < 4.78 is 0. The van der Waals surface area contributed by atoms with Crippen LogP contribution >= 0.6 is 0 Å². The van der Waals surface area contributed by atoms with Crippen molar-refractivity contribution in [3.8, 4) is 0 Å². The van der Waals surface area contributed by atoms with Crippen molar-refractivity contribution in [2.75, 3.05) is 0 Å². The average Bonchev–Trinajstić information content (AvgIpc) is 2.03. The van der Waals surface area contributed by atoms with E-state index in [1.165, 1.54) is 32.1 Å². The van der Waals surface area contributed by atoms with Crippen LogP contribution in [-0.4, -0.2) is 11.2 Å². The van der Waals surface area contributed by atoms with Crippen molar-refractivity contribution in [2.24, 2.45) is 11.8 Å². The van der Waals surface area contributed by atoms with Gasteiger partial charge in [0.05, 0.1) is 6.10 Å². The van der Waals surface area contributed by atoms with Crippen molar-refractivity contribution >= 4 is 0 Å². The Morgan fingerprint density at radius 2 is 1.92 bits per heavy atom. The lowest BCUT2D eigenvalue weighted by molar-refractivity contribution is 0.0715. The fourth-order valence-corrected chi connectivity index (χ4v) is 2.63. The molecule has 0 aromatic heterocycles. The Kier molecular flexibility index (Phi) is 4.79. The summed E-state index contributed by atoms with van der Waals surface area (Å²) in [5.41, 5.74) is 0. The summed E-state index contributed by atoms with van der Waals surface area (Å²) in [5, 5.41) is 9.61. The van der Waals surface area contributed by atoms with E-state index in [-0.39, 0.29) is 6.10 Å². The van der Waals surface area contributed by atoms with Crippen LogP contribution in [0.4, 0.5) is 0 Å². The second-order valence-electron chi connectivity index (χ2n) is 4.83. The summed E-state index contributed by atoms with van der Waals surface area (Å²) in [4.78, 5) is 0. The molecule has 0 aliphatic heterocycles. The minimum atomic E-state index is -0.00428. The summed E-state index contributed by atoms with van der Waals surface area (Å²) in [6.07, 6.45) is 8.82. The zero-order valence-electron chi connectivity index (χ0n) is 9.13. The van der Waals surface area contributed by atoms with Crippen LogP contribution < -0.4 is 0 Å². The van der Waals surface area contributed by atoms with E-state index in [9.17, 15) is 5.11 Å². The number of aliphatic hydroxyl groups excluding tert-OH is 1. The highest BCUT2D eigenvalue weighted by atomic mass is 16.3. The first-order valence-electron chi connectivity index (χ1n) is 5.90. The summed E-state index contributed by atoms with van der Waals surface area (Å²) >= 11 is 0. The monoisotopic (exact) mass is 184 g/mol. The van der Waals surface area contributed by atoms with Crippen LogP contribution in [0.25, 0.3) is 0 Å². The minimum Gasteiger partial charge on any atom is -0.393 e. The van der Waals surface area contributed by atoms with Crippen molar-refractivity contribution in [1.82, 2.24) is 0 Å². The van der Waals surface area contributed by atoms with Gasteiger partial charge < -0.3 is 5.11 Å². The Hall–Kier alpha value is -0.0400. The molecule has 0 saturated heterocycles. The Morgan fingerprint density at radius 3 is 2.54 bits per heavy atom. The number of hydrogen-bond acceptors (Lipinski definition) is 1. The van der Waals surface area contributed by atoms with Crippen molar-refractivity contribution in [2.45, 2.75) is 64.9 Å². The van der Waals surface area contributed by atoms with Gasteiger partial charge in [0.15, 0.2) is 0 Å². The fraction of sp³-hybridized carbons (Fsp3) is 1.00. The molecule has 1 N–H and O–H groups in total. The van der Waals surface area contributed by atoms with Gasteiger partial charge in [-0.2, -0.15) is 0 Å². The van der Waals surface area contributed by atoms with Crippen LogP contribution in [-0.2, 0) is 0 Å². The molecule has 1 nitrogen and oxygen atoms in total. The molecule has 0 aromatic carbocycles. The van der Waals surface area contributed by atoms with E-state index in [4.69, 9.17) is 0 Å².